The predicted molar refractivity (Wildman–Crippen MR) is 117 cm³/mol. The van der Waals surface area contributed by atoms with E-state index < -0.39 is 10.8 Å². The van der Waals surface area contributed by atoms with Crippen molar-refractivity contribution in [1.29, 1.82) is 0 Å². The highest BCUT2D eigenvalue weighted by molar-refractivity contribution is 7.85. The summed E-state index contributed by atoms with van der Waals surface area (Å²) in [6, 6.07) is 14.1. The number of pyridine rings is 3. The summed E-state index contributed by atoms with van der Waals surface area (Å²) in [5, 5.41) is 3.23. The molecule has 1 unspecified atom stereocenters. The fourth-order valence-corrected chi connectivity index (χ4v) is 4.41. The van der Waals surface area contributed by atoms with Crippen LogP contribution in [0.5, 0.6) is 0 Å². The topological polar surface area (TPSA) is 93.9 Å². The number of hydrogen-bond donors (Lipinski definition) is 1. The first-order valence-electron chi connectivity index (χ1n) is 9.85. The zero-order valence-electron chi connectivity index (χ0n) is 16.4. The molecule has 5 rings (SSSR count). The van der Waals surface area contributed by atoms with E-state index in [4.69, 9.17) is 0 Å². The highest BCUT2D eigenvalue weighted by Crippen LogP contribution is 2.22. The molecule has 154 valence electrons. The van der Waals surface area contributed by atoms with Gasteiger partial charge in [0.25, 0.3) is 5.91 Å². The lowest BCUT2D eigenvalue weighted by atomic mass is 10.1. The highest BCUT2D eigenvalue weighted by atomic mass is 32.2. The lowest BCUT2D eigenvalue weighted by molar-refractivity contribution is 0.0949. The van der Waals surface area contributed by atoms with Crippen LogP contribution >= 0.6 is 0 Å². The lowest BCUT2D eigenvalue weighted by Gasteiger charge is -2.14. The van der Waals surface area contributed by atoms with E-state index in [1.807, 2.05) is 6.07 Å². The van der Waals surface area contributed by atoms with Gasteiger partial charge in [-0.25, -0.2) is 9.19 Å². The van der Waals surface area contributed by atoms with E-state index >= 15 is 0 Å². The third-order valence-corrected chi connectivity index (χ3v) is 6.43. The molecule has 0 radical (unpaired) electrons. The van der Waals surface area contributed by atoms with Crippen LogP contribution in [0.25, 0.3) is 16.7 Å². The molecule has 3 heterocycles. The molecular formula is C23H18N4O3S. The van der Waals surface area contributed by atoms with E-state index in [1.165, 1.54) is 6.20 Å². The molecule has 7 nitrogen and oxygen atoms in total. The van der Waals surface area contributed by atoms with Crippen molar-refractivity contribution in [1.82, 2.24) is 19.9 Å². The Balaban J connectivity index is 1.64. The van der Waals surface area contributed by atoms with Crippen LogP contribution in [0, 0.1) is 0 Å². The van der Waals surface area contributed by atoms with Crippen LogP contribution in [0.4, 0.5) is 0 Å². The van der Waals surface area contributed by atoms with E-state index in [9.17, 15) is 13.8 Å². The van der Waals surface area contributed by atoms with Crippen LogP contribution in [0.1, 0.15) is 23.2 Å². The fraction of sp³-hybridized carbons (Fsp3) is 0.130. The summed E-state index contributed by atoms with van der Waals surface area (Å²) in [6.07, 6.45) is 8.17. The summed E-state index contributed by atoms with van der Waals surface area (Å²) in [5.41, 5.74) is 0.789. The Morgan fingerprint density at radius 3 is 2.65 bits per heavy atom. The van der Waals surface area contributed by atoms with Gasteiger partial charge in [0, 0.05) is 41.4 Å². The molecule has 1 aromatic carbocycles. The Hall–Kier alpha value is -3.65. The molecule has 1 amide bonds. The number of benzene rings is 1. The molecule has 1 aliphatic rings. The summed E-state index contributed by atoms with van der Waals surface area (Å²) in [6.45, 7) is 0. The molecule has 0 bridgehead atoms. The monoisotopic (exact) mass is 430 g/mol. The second-order valence-electron chi connectivity index (χ2n) is 7.32. The SMILES string of the molecule is O=C(NC1CC1)c1cn(-c2cccc(S(=O)c3cccnc3)c2)c2ncccc2c1=O. The molecular weight excluding hydrogens is 412 g/mol. The number of rotatable bonds is 5. The predicted octanol–water partition coefficient (Wildman–Crippen LogP) is 2.84. The van der Waals surface area contributed by atoms with E-state index in [0.717, 1.165) is 12.8 Å². The first kappa shape index (κ1) is 19.3. The van der Waals surface area contributed by atoms with Gasteiger partial charge in [0.15, 0.2) is 0 Å². The summed E-state index contributed by atoms with van der Waals surface area (Å²) >= 11 is 0. The Kier molecular flexibility index (Phi) is 4.91. The molecule has 8 heteroatoms. The molecule has 0 spiro atoms. The minimum absolute atomic E-state index is 0.0613. The molecule has 1 saturated carbocycles. The van der Waals surface area contributed by atoms with Crippen molar-refractivity contribution >= 4 is 27.7 Å². The van der Waals surface area contributed by atoms with Crippen LogP contribution in [0.2, 0.25) is 0 Å². The fourth-order valence-electron chi connectivity index (χ4n) is 3.35. The number of amides is 1. The van der Waals surface area contributed by atoms with E-state index in [0.29, 0.717) is 26.5 Å². The third kappa shape index (κ3) is 3.77. The Morgan fingerprint density at radius 2 is 1.87 bits per heavy atom. The molecule has 31 heavy (non-hydrogen) atoms. The summed E-state index contributed by atoms with van der Waals surface area (Å²) < 4.78 is 14.7. The molecule has 1 aliphatic carbocycles. The van der Waals surface area contributed by atoms with Crippen LogP contribution in [0.15, 0.2) is 87.9 Å². The first-order chi connectivity index (χ1) is 15.1. The maximum absolute atomic E-state index is 13.0. The summed E-state index contributed by atoms with van der Waals surface area (Å²) in [7, 11) is -1.42. The average molecular weight is 430 g/mol. The molecule has 1 atom stereocenters. The Bertz CT molecular complexity index is 1380. The van der Waals surface area contributed by atoms with E-state index in [2.05, 4.69) is 15.3 Å². The second kappa shape index (κ2) is 7.88. The second-order valence-corrected chi connectivity index (χ2v) is 8.80. The highest BCUT2D eigenvalue weighted by Gasteiger charge is 2.26. The van der Waals surface area contributed by atoms with Crippen molar-refractivity contribution in [3.63, 3.8) is 0 Å². The van der Waals surface area contributed by atoms with Gasteiger partial charge < -0.3 is 9.88 Å². The van der Waals surface area contributed by atoms with Crippen molar-refractivity contribution in [2.45, 2.75) is 28.7 Å². The minimum atomic E-state index is -1.42. The van der Waals surface area contributed by atoms with Gasteiger partial charge in [-0.3, -0.25) is 14.6 Å². The zero-order valence-corrected chi connectivity index (χ0v) is 17.2. The number of nitrogens with zero attached hydrogens (tertiary/aromatic N) is 3. The van der Waals surface area contributed by atoms with Crippen molar-refractivity contribution < 1.29 is 9.00 Å². The van der Waals surface area contributed by atoms with E-state index in [-0.39, 0.29) is 22.9 Å². The summed E-state index contributed by atoms with van der Waals surface area (Å²) in [5.74, 6) is -0.387. The number of carbonyl (C=O) groups is 1. The minimum Gasteiger partial charge on any atom is -0.349 e. The molecule has 3 aromatic heterocycles. The van der Waals surface area contributed by atoms with Gasteiger partial charge in [-0.15, -0.1) is 0 Å². The molecule has 1 N–H and O–H groups in total. The number of hydrogen-bond acceptors (Lipinski definition) is 5. The van der Waals surface area contributed by atoms with Crippen LogP contribution in [-0.2, 0) is 10.8 Å². The van der Waals surface area contributed by atoms with Crippen LogP contribution in [0.3, 0.4) is 0 Å². The average Bonchev–Trinajstić information content (AvgIpc) is 3.63. The Morgan fingerprint density at radius 1 is 1.06 bits per heavy atom. The van der Waals surface area contributed by atoms with Crippen LogP contribution in [-0.4, -0.2) is 30.7 Å². The maximum atomic E-state index is 13.0. The van der Waals surface area contributed by atoms with Gasteiger partial charge in [0.05, 0.1) is 21.1 Å². The van der Waals surface area contributed by atoms with Gasteiger partial charge in [-0.1, -0.05) is 6.07 Å². The van der Waals surface area contributed by atoms with Crippen molar-refractivity contribution in [3.05, 3.63) is 89.1 Å². The zero-order chi connectivity index (χ0) is 21.4. The molecule has 4 aromatic rings. The maximum Gasteiger partial charge on any atom is 0.257 e. The third-order valence-electron chi connectivity index (χ3n) is 5.08. The quantitative estimate of drug-likeness (QED) is 0.525. The smallest absolute Gasteiger partial charge is 0.257 e. The number of carbonyl (C=O) groups excluding carboxylic acids is 1. The number of nitrogens with one attached hydrogen (secondary N) is 1. The van der Waals surface area contributed by atoms with Crippen molar-refractivity contribution in [3.8, 4) is 5.69 Å². The van der Waals surface area contributed by atoms with Crippen molar-refractivity contribution in [2.75, 3.05) is 0 Å². The van der Waals surface area contributed by atoms with Gasteiger partial charge in [0.1, 0.15) is 11.2 Å². The molecule has 1 fully saturated rings. The lowest BCUT2D eigenvalue weighted by Crippen LogP contribution is -2.31. The number of fused-ring (bicyclic) bond motifs is 1. The Labute approximate surface area is 180 Å². The largest absolute Gasteiger partial charge is 0.349 e. The van der Waals surface area contributed by atoms with E-state index in [1.54, 1.807) is 65.6 Å². The summed E-state index contributed by atoms with van der Waals surface area (Å²) in [4.78, 5) is 35.2. The molecule has 0 saturated heterocycles. The first-order valence-corrected chi connectivity index (χ1v) is 11.0. The molecule has 0 aliphatic heterocycles. The standard InChI is InChI=1S/C23H18N4O3S/c28-21-19-7-3-11-25-22(19)27(14-20(21)23(29)26-15-8-9-15)16-4-1-5-17(12-16)31(30)18-6-2-10-24-13-18/h1-7,10-15H,8-9H2,(H,26,29). The van der Waals surface area contributed by atoms with Crippen LogP contribution < -0.4 is 10.7 Å². The van der Waals surface area contributed by atoms with Gasteiger partial charge in [-0.2, -0.15) is 0 Å². The normalized spacial score (nSPS) is 14.3. The van der Waals surface area contributed by atoms with Crippen molar-refractivity contribution in [2.24, 2.45) is 0 Å². The van der Waals surface area contributed by atoms with Gasteiger partial charge >= 0.3 is 0 Å². The van der Waals surface area contributed by atoms with Gasteiger partial charge in [-0.05, 0) is 55.3 Å². The van der Waals surface area contributed by atoms with Gasteiger partial charge in [0.2, 0.25) is 5.43 Å². The number of aromatic nitrogens is 3.